The van der Waals surface area contributed by atoms with Gasteiger partial charge in [-0.1, -0.05) is 36.0 Å². The van der Waals surface area contributed by atoms with Gasteiger partial charge in [0.2, 0.25) is 11.8 Å². The highest BCUT2D eigenvalue weighted by Crippen LogP contribution is 2.46. The number of hydrogen-bond acceptors (Lipinski definition) is 4. The first-order valence-corrected chi connectivity index (χ1v) is 12.0. The molecule has 3 N–H and O–H groups in total. The maximum absolute atomic E-state index is 13.3. The zero-order valence-corrected chi connectivity index (χ0v) is 19.9. The molecule has 1 aromatic rings. The normalized spacial score (nSPS) is 18.1. The van der Waals surface area contributed by atoms with Crippen LogP contribution in [0.25, 0.3) is 0 Å². The first-order valence-electron chi connectivity index (χ1n) is 11.2. The van der Waals surface area contributed by atoms with Crippen LogP contribution in [0.2, 0.25) is 10.0 Å². The molecular weight excluding hydrogens is 469 g/mol. The number of piperidine rings is 1. The van der Waals surface area contributed by atoms with E-state index in [1.807, 2.05) is 0 Å². The summed E-state index contributed by atoms with van der Waals surface area (Å²) in [5.41, 5.74) is 0.549. The molecule has 0 radical (unpaired) electrons. The minimum Gasteiger partial charge on any atom is -0.480 e. The predicted octanol–water partition coefficient (Wildman–Crippen LogP) is 3.26. The number of hydrogen-bond donors (Lipinski definition) is 3. The van der Waals surface area contributed by atoms with Gasteiger partial charge in [-0.3, -0.25) is 19.2 Å². The van der Waals surface area contributed by atoms with Crippen LogP contribution in [-0.4, -0.2) is 59.4 Å². The van der Waals surface area contributed by atoms with Crippen molar-refractivity contribution in [2.24, 2.45) is 5.41 Å². The largest absolute Gasteiger partial charge is 0.480 e. The highest BCUT2D eigenvalue weighted by Gasteiger charge is 2.39. The fraction of sp³-hybridized carbons (Fsp3) is 0.565. The van der Waals surface area contributed by atoms with Crippen molar-refractivity contribution in [3.05, 3.63) is 33.8 Å². The molecule has 3 amide bonds. The molecular formula is C23H29Cl2N3O5. The highest BCUT2D eigenvalue weighted by molar-refractivity contribution is 6.35. The number of amides is 3. The highest BCUT2D eigenvalue weighted by atomic mass is 35.5. The third kappa shape index (κ3) is 7.08. The average Bonchev–Trinajstić information content (AvgIpc) is 3.22. The number of carboxylic acids is 1. The monoisotopic (exact) mass is 497 g/mol. The van der Waals surface area contributed by atoms with Gasteiger partial charge in [-0.25, -0.2) is 0 Å². The zero-order chi connectivity index (χ0) is 24.0. The number of nitrogens with zero attached hydrogens (tertiary/aromatic N) is 1. The van der Waals surface area contributed by atoms with Crippen molar-refractivity contribution >= 4 is 46.9 Å². The predicted molar refractivity (Wildman–Crippen MR) is 124 cm³/mol. The molecule has 33 heavy (non-hydrogen) atoms. The van der Waals surface area contributed by atoms with Gasteiger partial charge in [0.25, 0.3) is 5.91 Å². The molecule has 2 aliphatic rings. The molecule has 1 aromatic carbocycles. The van der Waals surface area contributed by atoms with Crippen LogP contribution < -0.4 is 10.6 Å². The fourth-order valence-corrected chi connectivity index (χ4v) is 5.29. The molecule has 0 unspecified atom stereocenters. The van der Waals surface area contributed by atoms with Gasteiger partial charge in [0, 0.05) is 35.1 Å². The van der Waals surface area contributed by atoms with E-state index in [2.05, 4.69) is 10.6 Å². The number of carbonyl (C=O) groups is 4. The Bertz CT molecular complexity index is 887. The Hall–Kier alpha value is -2.32. The minimum atomic E-state index is -1.16. The molecule has 180 valence electrons. The Kier molecular flexibility index (Phi) is 8.59. The van der Waals surface area contributed by atoms with Crippen molar-refractivity contribution < 1.29 is 24.3 Å². The molecule has 1 aliphatic heterocycles. The fourth-order valence-electron chi connectivity index (χ4n) is 4.77. The van der Waals surface area contributed by atoms with E-state index in [0.717, 1.165) is 12.8 Å². The Morgan fingerprint density at radius 2 is 1.61 bits per heavy atom. The topological polar surface area (TPSA) is 116 Å². The Labute approximate surface area is 203 Å². The van der Waals surface area contributed by atoms with Crippen LogP contribution in [0, 0.1) is 5.41 Å². The van der Waals surface area contributed by atoms with Gasteiger partial charge in [-0.15, -0.1) is 0 Å². The molecule has 3 rings (SSSR count). The third-order valence-corrected chi connectivity index (χ3v) is 7.06. The van der Waals surface area contributed by atoms with Crippen LogP contribution >= 0.6 is 23.2 Å². The summed E-state index contributed by atoms with van der Waals surface area (Å²) in [5.74, 6) is -2.42. The number of benzene rings is 1. The van der Waals surface area contributed by atoms with E-state index in [-0.39, 0.29) is 24.3 Å². The number of nitrogens with one attached hydrogen (secondary N) is 2. The summed E-state index contributed by atoms with van der Waals surface area (Å²) in [6.07, 6.45) is 6.72. The SMILES string of the molecule is O=C(O)CNC(=O)CC[C@@H](NC(=O)c1cc(Cl)cc(Cl)c1)C(=O)N1CCC2(CCCC2)CC1. The van der Waals surface area contributed by atoms with E-state index in [1.165, 1.54) is 43.9 Å². The summed E-state index contributed by atoms with van der Waals surface area (Å²) in [7, 11) is 0. The van der Waals surface area contributed by atoms with Gasteiger partial charge in [0.15, 0.2) is 0 Å². The maximum atomic E-state index is 13.3. The van der Waals surface area contributed by atoms with Crippen molar-refractivity contribution in [1.82, 2.24) is 15.5 Å². The summed E-state index contributed by atoms with van der Waals surface area (Å²) >= 11 is 12.0. The number of likely N-dealkylation sites (tertiary alicyclic amines) is 1. The van der Waals surface area contributed by atoms with Crippen molar-refractivity contribution in [3.63, 3.8) is 0 Å². The summed E-state index contributed by atoms with van der Waals surface area (Å²) in [5, 5.41) is 14.3. The second kappa shape index (κ2) is 11.2. The first kappa shape index (κ1) is 25.3. The smallest absolute Gasteiger partial charge is 0.322 e. The summed E-state index contributed by atoms with van der Waals surface area (Å²) in [4.78, 5) is 50.6. The van der Waals surface area contributed by atoms with Gasteiger partial charge < -0.3 is 20.6 Å². The Morgan fingerprint density at radius 1 is 1.00 bits per heavy atom. The van der Waals surface area contributed by atoms with Gasteiger partial charge in [0.1, 0.15) is 12.6 Å². The molecule has 8 nitrogen and oxygen atoms in total. The number of aliphatic carboxylic acids is 1. The van der Waals surface area contributed by atoms with Crippen LogP contribution in [0.3, 0.4) is 0 Å². The van der Waals surface area contributed by atoms with Crippen molar-refractivity contribution in [3.8, 4) is 0 Å². The lowest BCUT2D eigenvalue weighted by molar-refractivity contribution is -0.138. The third-order valence-electron chi connectivity index (χ3n) is 6.63. The van der Waals surface area contributed by atoms with Gasteiger partial charge >= 0.3 is 5.97 Å². The van der Waals surface area contributed by atoms with Crippen LogP contribution in [0.5, 0.6) is 0 Å². The summed E-state index contributed by atoms with van der Waals surface area (Å²) < 4.78 is 0. The molecule has 1 spiro atoms. The lowest BCUT2D eigenvalue weighted by atomic mass is 9.77. The van der Waals surface area contributed by atoms with E-state index in [4.69, 9.17) is 28.3 Å². The summed E-state index contributed by atoms with van der Waals surface area (Å²) in [6, 6.07) is 3.48. The molecule has 1 saturated carbocycles. The molecule has 10 heteroatoms. The second-order valence-electron chi connectivity index (χ2n) is 8.93. The van der Waals surface area contributed by atoms with Gasteiger partial charge in [-0.2, -0.15) is 0 Å². The number of rotatable bonds is 8. The van der Waals surface area contributed by atoms with Crippen LogP contribution in [0.15, 0.2) is 18.2 Å². The van der Waals surface area contributed by atoms with Crippen molar-refractivity contribution in [1.29, 1.82) is 0 Å². The van der Waals surface area contributed by atoms with E-state index in [0.29, 0.717) is 28.5 Å². The second-order valence-corrected chi connectivity index (χ2v) is 9.80. The van der Waals surface area contributed by atoms with Crippen molar-refractivity contribution in [2.45, 2.75) is 57.4 Å². The van der Waals surface area contributed by atoms with Crippen LogP contribution in [0.4, 0.5) is 0 Å². The summed E-state index contributed by atoms with van der Waals surface area (Å²) in [6.45, 7) is 0.748. The number of carboxylic acid groups (broad SMARTS) is 1. The standard InChI is InChI=1S/C23H29Cl2N3O5/c24-16-11-15(12-17(25)13-16)21(32)27-18(3-4-19(29)26-14-20(30)31)22(33)28-9-7-23(8-10-28)5-1-2-6-23/h11-13,18H,1-10,14H2,(H,26,29)(H,27,32)(H,30,31)/t18-/m1/s1. The van der Waals surface area contributed by atoms with E-state index in [1.54, 1.807) is 4.90 Å². The molecule has 0 bridgehead atoms. The molecule has 1 heterocycles. The molecule has 0 aromatic heterocycles. The molecule has 1 atom stereocenters. The Morgan fingerprint density at radius 3 is 2.18 bits per heavy atom. The Balaban J connectivity index is 1.67. The van der Waals surface area contributed by atoms with E-state index in [9.17, 15) is 19.2 Å². The van der Waals surface area contributed by atoms with Gasteiger partial charge in [0.05, 0.1) is 0 Å². The van der Waals surface area contributed by atoms with Crippen molar-refractivity contribution in [2.75, 3.05) is 19.6 Å². The van der Waals surface area contributed by atoms with Gasteiger partial charge in [-0.05, 0) is 55.7 Å². The maximum Gasteiger partial charge on any atom is 0.322 e. The lowest BCUT2D eigenvalue weighted by Crippen LogP contribution is -2.52. The molecule has 2 fully saturated rings. The van der Waals surface area contributed by atoms with Crippen LogP contribution in [-0.2, 0) is 14.4 Å². The first-order chi connectivity index (χ1) is 15.7. The zero-order valence-electron chi connectivity index (χ0n) is 18.4. The van der Waals surface area contributed by atoms with E-state index >= 15 is 0 Å². The lowest BCUT2D eigenvalue weighted by Gasteiger charge is -2.40. The quantitative estimate of drug-likeness (QED) is 0.509. The molecule has 1 aliphatic carbocycles. The minimum absolute atomic E-state index is 0.0476. The number of carbonyl (C=O) groups excluding carboxylic acids is 3. The van der Waals surface area contributed by atoms with E-state index < -0.39 is 30.4 Å². The van der Waals surface area contributed by atoms with Crippen LogP contribution in [0.1, 0.15) is 61.7 Å². The molecule has 1 saturated heterocycles. The number of halogens is 2. The average molecular weight is 498 g/mol.